The summed E-state index contributed by atoms with van der Waals surface area (Å²) >= 11 is 1.74. The predicted octanol–water partition coefficient (Wildman–Crippen LogP) is 3.97. The first-order chi connectivity index (χ1) is 8.78. The van der Waals surface area contributed by atoms with Crippen LogP contribution >= 0.6 is 11.3 Å². The van der Waals surface area contributed by atoms with Crippen molar-refractivity contribution in [2.45, 2.75) is 31.7 Å². The van der Waals surface area contributed by atoms with Crippen molar-refractivity contribution in [3.05, 3.63) is 40.9 Å². The van der Waals surface area contributed by atoms with Gasteiger partial charge in [-0.3, -0.25) is 0 Å². The average Bonchev–Trinajstić information content (AvgIpc) is 3.15. The number of aromatic nitrogens is 1. The van der Waals surface area contributed by atoms with Gasteiger partial charge in [-0.25, -0.2) is 4.98 Å². The zero-order valence-corrected chi connectivity index (χ0v) is 11.6. The maximum atomic E-state index is 4.73. The van der Waals surface area contributed by atoms with E-state index < -0.39 is 0 Å². The van der Waals surface area contributed by atoms with Crippen molar-refractivity contribution in [1.29, 1.82) is 0 Å². The van der Waals surface area contributed by atoms with E-state index in [0.29, 0.717) is 6.04 Å². The third-order valence-corrected chi connectivity index (χ3v) is 4.49. The Kier molecular flexibility index (Phi) is 3.18. The van der Waals surface area contributed by atoms with Gasteiger partial charge in [0.05, 0.1) is 5.69 Å². The van der Waals surface area contributed by atoms with Crippen LogP contribution in [0.2, 0.25) is 0 Å². The third-order valence-electron chi connectivity index (χ3n) is 3.58. The Morgan fingerprint density at radius 1 is 1.39 bits per heavy atom. The molecule has 1 saturated carbocycles. The summed E-state index contributed by atoms with van der Waals surface area (Å²) in [5, 5.41) is 6.52. The van der Waals surface area contributed by atoms with E-state index in [-0.39, 0.29) is 0 Å². The lowest BCUT2D eigenvalue weighted by molar-refractivity contribution is 0.637. The first kappa shape index (κ1) is 11.9. The first-order valence-corrected chi connectivity index (χ1v) is 7.39. The SMILES string of the molecule is CNC(C)c1csc(-c2cccc(C3CC3)c2)n1. The molecule has 1 aliphatic rings. The van der Waals surface area contributed by atoms with Crippen LogP contribution in [0.25, 0.3) is 10.6 Å². The Bertz CT molecular complexity index is 543. The third kappa shape index (κ3) is 2.33. The lowest BCUT2D eigenvalue weighted by Crippen LogP contribution is -2.12. The lowest BCUT2D eigenvalue weighted by atomic mass is 10.1. The van der Waals surface area contributed by atoms with Crippen molar-refractivity contribution in [1.82, 2.24) is 10.3 Å². The molecule has 94 valence electrons. The summed E-state index contributed by atoms with van der Waals surface area (Å²) in [7, 11) is 1.97. The Labute approximate surface area is 112 Å². The molecule has 0 bridgehead atoms. The minimum absolute atomic E-state index is 0.321. The van der Waals surface area contributed by atoms with E-state index in [2.05, 4.69) is 41.9 Å². The number of rotatable bonds is 4. The molecule has 1 heterocycles. The van der Waals surface area contributed by atoms with Crippen LogP contribution in [0.5, 0.6) is 0 Å². The molecule has 3 heteroatoms. The predicted molar refractivity (Wildman–Crippen MR) is 77.0 cm³/mol. The molecular formula is C15H18N2S. The van der Waals surface area contributed by atoms with E-state index in [1.807, 2.05) is 7.05 Å². The number of nitrogens with zero attached hydrogens (tertiary/aromatic N) is 1. The van der Waals surface area contributed by atoms with Crippen LogP contribution in [0.15, 0.2) is 29.6 Å². The van der Waals surface area contributed by atoms with Crippen LogP contribution in [-0.2, 0) is 0 Å². The molecule has 18 heavy (non-hydrogen) atoms. The van der Waals surface area contributed by atoms with Crippen LogP contribution in [0, 0.1) is 0 Å². The zero-order valence-electron chi connectivity index (χ0n) is 10.8. The minimum atomic E-state index is 0.321. The van der Waals surface area contributed by atoms with E-state index in [4.69, 9.17) is 4.98 Å². The molecule has 1 aromatic heterocycles. The summed E-state index contributed by atoms with van der Waals surface area (Å²) in [5.74, 6) is 0.806. The van der Waals surface area contributed by atoms with Crippen molar-refractivity contribution in [3.63, 3.8) is 0 Å². The van der Waals surface area contributed by atoms with Crippen LogP contribution in [0.3, 0.4) is 0 Å². The van der Waals surface area contributed by atoms with Gasteiger partial charge in [-0.05, 0) is 44.4 Å². The molecule has 1 N–H and O–H groups in total. The van der Waals surface area contributed by atoms with Gasteiger partial charge in [0, 0.05) is 17.0 Å². The van der Waals surface area contributed by atoms with Crippen LogP contribution in [0.1, 0.15) is 43.0 Å². The van der Waals surface area contributed by atoms with Crippen LogP contribution in [0.4, 0.5) is 0 Å². The monoisotopic (exact) mass is 258 g/mol. The maximum Gasteiger partial charge on any atom is 0.123 e. The highest BCUT2D eigenvalue weighted by molar-refractivity contribution is 7.13. The van der Waals surface area contributed by atoms with Gasteiger partial charge in [0.2, 0.25) is 0 Å². The maximum absolute atomic E-state index is 4.73. The van der Waals surface area contributed by atoms with Crippen LogP contribution in [-0.4, -0.2) is 12.0 Å². The van der Waals surface area contributed by atoms with E-state index in [0.717, 1.165) is 16.6 Å². The zero-order chi connectivity index (χ0) is 12.5. The molecule has 1 atom stereocenters. The number of thiazole rings is 1. The number of nitrogens with one attached hydrogen (secondary N) is 1. The van der Waals surface area contributed by atoms with Crippen LogP contribution < -0.4 is 5.32 Å². The normalized spacial score (nSPS) is 16.8. The quantitative estimate of drug-likeness (QED) is 0.897. The molecule has 1 fully saturated rings. The Hall–Kier alpha value is -1.19. The van der Waals surface area contributed by atoms with Gasteiger partial charge in [-0.1, -0.05) is 18.2 Å². The Balaban J connectivity index is 1.89. The fourth-order valence-corrected chi connectivity index (χ4v) is 3.02. The second-order valence-electron chi connectivity index (χ2n) is 4.99. The highest BCUT2D eigenvalue weighted by atomic mass is 32.1. The molecule has 0 spiro atoms. The lowest BCUT2D eigenvalue weighted by Gasteiger charge is -2.05. The van der Waals surface area contributed by atoms with E-state index in [1.165, 1.54) is 24.0 Å². The molecule has 0 aliphatic heterocycles. The largest absolute Gasteiger partial charge is 0.312 e. The highest BCUT2D eigenvalue weighted by Gasteiger charge is 2.23. The number of hydrogen-bond acceptors (Lipinski definition) is 3. The molecule has 1 aliphatic carbocycles. The smallest absolute Gasteiger partial charge is 0.123 e. The number of benzene rings is 1. The molecule has 2 nitrogen and oxygen atoms in total. The first-order valence-electron chi connectivity index (χ1n) is 6.51. The number of hydrogen-bond donors (Lipinski definition) is 1. The van der Waals surface area contributed by atoms with Gasteiger partial charge < -0.3 is 5.32 Å². The van der Waals surface area contributed by atoms with Crippen molar-refractivity contribution >= 4 is 11.3 Å². The molecule has 3 rings (SSSR count). The fourth-order valence-electron chi connectivity index (χ4n) is 2.11. The average molecular weight is 258 g/mol. The molecule has 1 aromatic carbocycles. The molecule has 0 radical (unpaired) electrons. The summed E-state index contributed by atoms with van der Waals surface area (Å²) in [6.07, 6.45) is 2.70. The molecule has 0 amide bonds. The van der Waals surface area contributed by atoms with Crippen molar-refractivity contribution in [3.8, 4) is 10.6 Å². The summed E-state index contributed by atoms with van der Waals surface area (Å²) in [6.45, 7) is 2.14. The van der Waals surface area contributed by atoms with Crippen molar-refractivity contribution in [2.75, 3.05) is 7.05 Å². The standard InChI is InChI=1S/C15H18N2S/c1-10(16-2)14-9-18-15(17-14)13-5-3-4-12(8-13)11-6-7-11/h3-5,8-11,16H,6-7H2,1-2H3. The molecule has 0 saturated heterocycles. The van der Waals surface area contributed by atoms with Crippen molar-refractivity contribution in [2.24, 2.45) is 0 Å². The van der Waals surface area contributed by atoms with Gasteiger partial charge in [0.25, 0.3) is 0 Å². The molecule has 2 aromatic rings. The Morgan fingerprint density at radius 2 is 2.22 bits per heavy atom. The second-order valence-corrected chi connectivity index (χ2v) is 5.85. The van der Waals surface area contributed by atoms with Gasteiger partial charge in [0.15, 0.2) is 0 Å². The van der Waals surface area contributed by atoms with Crippen molar-refractivity contribution < 1.29 is 0 Å². The van der Waals surface area contributed by atoms with Gasteiger partial charge in [-0.2, -0.15) is 0 Å². The highest BCUT2D eigenvalue weighted by Crippen LogP contribution is 2.41. The van der Waals surface area contributed by atoms with E-state index in [1.54, 1.807) is 11.3 Å². The second kappa shape index (κ2) is 4.82. The Morgan fingerprint density at radius 3 is 2.94 bits per heavy atom. The summed E-state index contributed by atoms with van der Waals surface area (Å²) < 4.78 is 0. The minimum Gasteiger partial charge on any atom is -0.312 e. The summed E-state index contributed by atoms with van der Waals surface area (Å²) in [6, 6.07) is 9.20. The fraction of sp³-hybridized carbons (Fsp3) is 0.400. The summed E-state index contributed by atoms with van der Waals surface area (Å²) in [4.78, 5) is 4.73. The molecule has 1 unspecified atom stereocenters. The van der Waals surface area contributed by atoms with E-state index in [9.17, 15) is 0 Å². The van der Waals surface area contributed by atoms with Gasteiger partial charge in [-0.15, -0.1) is 11.3 Å². The topological polar surface area (TPSA) is 24.9 Å². The molecular weight excluding hydrogens is 240 g/mol. The van der Waals surface area contributed by atoms with E-state index >= 15 is 0 Å². The van der Waals surface area contributed by atoms with Gasteiger partial charge in [0.1, 0.15) is 5.01 Å². The van der Waals surface area contributed by atoms with Gasteiger partial charge >= 0.3 is 0 Å². The summed E-state index contributed by atoms with van der Waals surface area (Å²) in [5.41, 5.74) is 3.87.